The topological polar surface area (TPSA) is 55.1 Å². The van der Waals surface area contributed by atoms with E-state index in [2.05, 4.69) is 11.6 Å². The molecule has 82 valence electrons. The van der Waals surface area contributed by atoms with Gasteiger partial charge in [0.25, 0.3) is 0 Å². The van der Waals surface area contributed by atoms with Crippen LogP contribution < -0.4 is 11.1 Å². The van der Waals surface area contributed by atoms with Crippen molar-refractivity contribution in [3.05, 3.63) is 0 Å². The van der Waals surface area contributed by atoms with E-state index < -0.39 is 0 Å². The Kier molecular flexibility index (Phi) is 4.75. The molecule has 1 aliphatic rings. The number of nitrogens with two attached hydrogens (primary N) is 1. The van der Waals surface area contributed by atoms with Crippen molar-refractivity contribution in [1.29, 1.82) is 0 Å². The highest BCUT2D eigenvalue weighted by Crippen LogP contribution is 2.31. The Morgan fingerprint density at radius 1 is 1.57 bits per heavy atom. The summed E-state index contributed by atoms with van der Waals surface area (Å²) in [4.78, 5) is 11.4. The fourth-order valence-electron chi connectivity index (χ4n) is 1.63. The third-order valence-electron chi connectivity index (χ3n) is 2.71. The molecule has 0 atom stereocenters. The molecule has 3 nitrogen and oxygen atoms in total. The van der Waals surface area contributed by atoms with E-state index in [-0.39, 0.29) is 11.4 Å². The van der Waals surface area contributed by atoms with Gasteiger partial charge >= 0.3 is 0 Å². The lowest BCUT2D eigenvalue weighted by atomic mass is 9.75. The van der Waals surface area contributed by atoms with Crippen LogP contribution in [0.2, 0.25) is 0 Å². The van der Waals surface area contributed by atoms with E-state index in [0.29, 0.717) is 6.42 Å². The Balaban J connectivity index is 2.04. The summed E-state index contributed by atoms with van der Waals surface area (Å²) in [6.07, 6.45) is 6.81. The van der Waals surface area contributed by atoms with Crippen LogP contribution in [0.4, 0.5) is 0 Å². The Morgan fingerprint density at radius 2 is 2.29 bits per heavy atom. The monoisotopic (exact) mass is 216 g/mol. The smallest absolute Gasteiger partial charge is 0.221 e. The lowest BCUT2D eigenvalue weighted by molar-refractivity contribution is -0.122. The molecule has 0 aliphatic heterocycles. The van der Waals surface area contributed by atoms with Gasteiger partial charge in [0.1, 0.15) is 0 Å². The summed E-state index contributed by atoms with van der Waals surface area (Å²) in [5.41, 5.74) is 5.79. The summed E-state index contributed by atoms with van der Waals surface area (Å²) in [5.74, 6) is 1.22. The van der Waals surface area contributed by atoms with Crippen molar-refractivity contribution in [3.8, 4) is 0 Å². The fourth-order valence-corrected chi connectivity index (χ4v) is 2.07. The normalized spacial score (nSPS) is 18.7. The van der Waals surface area contributed by atoms with Gasteiger partial charge in [0.2, 0.25) is 5.91 Å². The molecule has 14 heavy (non-hydrogen) atoms. The largest absolute Gasteiger partial charge is 0.356 e. The lowest BCUT2D eigenvalue weighted by Crippen LogP contribution is -2.50. The third-order valence-corrected chi connectivity index (χ3v) is 3.41. The van der Waals surface area contributed by atoms with Gasteiger partial charge < -0.3 is 11.1 Å². The van der Waals surface area contributed by atoms with Crippen LogP contribution in [0, 0.1) is 0 Å². The lowest BCUT2D eigenvalue weighted by Gasteiger charge is -2.37. The minimum atomic E-state index is -0.177. The maximum Gasteiger partial charge on any atom is 0.221 e. The molecule has 1 amide bonds. The molecule has 1 rings (SSSR count). The highest BCUT2D eigenvalue weighted by molar-refractivity contribution is 7.98. The van der Waals surface area contributed by atoms with Crippen molar-refractivity contribution in [1.82, 2.24) is 5.32 Å². The van der Waals surface area contributed by atoms with Crippen molar-refractivity contribution in [2.75, 3.05) is 18.6 Å². The van der Waals surface area contributed by atoms with Crippen molar-refractivity contribution in [2.45, 2.75) is 37.6 Å². The Hall–Kier alpha value is -0.220. The first-order valence-electron chi connectivity index (χ1n) is 5.21. The fraction of sp³-hybridized carbons (Fsp3) is 0.900. The molecular formula is C10H20N2OS. The second-order valence-electron chi connectivity index (χ2n) is 4.09. The van der Waals surface area contributed by atoms with E-state index in [0.717, 1.165) is 31.6 Å². The molecule has 3 N–H and O–H groups in total. The van der Waals surface area contributed by atoms with Gasteiger partial charge in [-0.3, -0.25) is 4.79 Å². The van der Waals surface area contributed by atoms with Crippen LogP contribution in [0.15, 0.2) is 0 Å². The van der Waals surface area contributed by atoms with Crippen LogP contribution in [0.1, 0.15) is 32.1 Å². The van der Waals surface area contributed by atoms with Gasteiger partial charge in [-0.25, -0.2) is 0 Å². The van der Waals surface area contributed by atoms with Crippen LogP contribution in [-0.4, -0.2) is 30.0 Å². The zero-order valence-corrected chi connectivity index (χ0v) is 9.66. The highest BCUT2D eigenvalue weighted by Gasteiger charge is 2.34. The predicted molar refractivity (Wildman–Crippen MR) is 61.4 cm³/mol. The Labute approximate surface area is 90.2 Å². The zero-order chi connectivity index (χ0) is 10.4. The van der Waals surface area contributed by atoms with E-state index in [1.165, 1.54) is 6.42 Å². The Morgan fingerprint density at radius 3 is 2.79 bits per heavy atom. The average molecular weight is 216 g/mol. The number of nitrogens with one attached hydrogen (secondary N) is 1. The first kappa shape index (κ1) is 11.9. The van der Waals surface area contributed by atoms with E-state index in [9.17, 15) is 4.79 Å². The summed E-state index contributed by atoms with van der Waals surface area (Å²) in [5, 5.41) is 2.91. The maximum absolute atomic E-state index is 11.4. The first-order valence-corrected chi connectivity index (χ1v) is 6.60. The van der Waals surface area contributed by atoms with Crippen LogP contribution in [0.5, 0.6) is 0 Å². The maximum atomic E-state index is 11.4. The Bertz CT molecular complexity index is 193. The molecule has 0 heterocycles. The van der Waals surface area contributed by atoms with Gasteiger partial charge in [0.15, 0.2) is 0 Å². The van der Waals surface area contributed by atoms with Gasteiger partial charge in [0.05, 0.1) is 0 Å². The number of carbonyl (C=O) groups excluding carboxylic acids is 1. The van der Waals surface area contributed by atoms with E-state index in [1.54, 1.807) is 11.8 Å². The van der Waals surface area contributed by atoms with Crippen molar-refractivity contribution >= 4 is 17.7 Å². The number of amides is 1. The van der Waals surface area contributed by atoms with Gasteiger partial charge in [-0.1, -0.05) is 0 Å². The summed E-state index contributed by atoms with van der Waals surface area (Å²) >= 11 is 1.81. The summed E-state index contributed by atoms with van der Waals surface area (Å²) in [6.45, 7) is 0.787. The molecule has 0 aromatic heterocycles. The zero-order valence-electron chi connectivity index (χ0n) is 8.84. The van der Waals surface area contributed by atoms with Gasteiger partial charge in [-0.15, -0.1) is 0 Å². The van der Waals surface area contributed by atoms with Crippen LogP contribution in [0.25, 0.3) is 0 Å². The number of rotatable bonds is 6. The number of thioether (sulfide) groups is 1. The van der Waals surface area contributed by atoms with E-state index in [4.69, 9.17) is 5.73 Å². The first-order chi connectivity index (χ1) is 6.66. The summed E-state index contributed by atoms with van der Waals surface area (Å²) in [7, 11) is 0. The van der Waals surface area contributed by atoms with Crippen LogP contribution >= 0.6 is 11.8 Å². The standard InChI is InChI=1S/C10H20N2OS/c1-14-7-3-6-12-9(13)8-10(11)4-2-5-10/h2-8,11H2,1H3,(H,12,13). The molecule has 4 heteroatoms. The molecule has 1 saturated carbocycles. The molecule has 0 radical (unpaired) electrons. The van der Waals surface area contributed by atoms with Crippen LogP contribution in [-0.2, 0) is 4.79 Å². The van der Waals surface area contributed by atoms with Gasteiger partial charge in [-0.2, -0.15) is 11.8 Å². The number of hydrogen-bond acceptors (Lipinski definition) is 3. The van der Waals surface area contributed by atoms with Gasteiger partial charge in [-0.05, 0) is 37.7 Å². The minimum absolute atomic E-state index is 0.119. The summed E-state index contributed by atoms with van der Waals surface area (Å²) < 4.78 is 0. The molecule has 0 bridgehead atoms. The number of carbonyl (C=O) groups is 1. The highest BCUT2D eigenvalue weighted by atomic mass is 32.2. The summed E-state index contributed by atoms with van der Waals surface area (Å²) in [6, 6.07) is 0. The molecule has 1 fully saturated rings. The van der Waals surface area contributed by atoms with Crippen molar-refractivity contribution in [3.63, 3.8) is 0 Å². The number of hydrogen-bond donors (Lipinski definition) is 2. The van der Waals surface area contributed by atoms with Crippen molar-refractivity contribution < 1.29 is 4.79 Å². The molecule has 0 unspecified atom stereocenters. The van der Waals surface area contributed by atoms with Crippen LogP contribution in [0.3, 0.4) is 0 Å². The van der Waals surface area contributed by atoms with Crippen molar-refractivity contribution in [2.24, 2.45) is 5.73 Å². The molecular weight excluding hydrogens is 196 g/mol. The molecule has 0 aromatic rings. The molecule has 0 aromatic carbocycles. The second-order valence-corrected chi connectivity index (χ2v) is 5.07. The average Bonchev–Trinajstić information content (AvgIpc) is 2.10. The molecule has 0 spiro atoms. The minimum Gasteiger partial charge on any atom is -0.356 e. The second kappa shape index (κ2) is 5.61. The third kappa shape index (κ3) is 3.88. The predicted octanol–water partition coefficient (Wildman–Crippen LogP) is 1.13. The molecule has 1 aliphatic carbocycles. The van der Waals surface area contributed by atoms with E-state index in [1.807, 2.05) is 0 Å². The SMILES string of the molecule is CSCCCNC(=O)CC1(N)CCC1. The van der Waals surface area contributed by atoms with Gasteiger partial charge in [0, 0.05) is 18.5 Å². The quantitative estimate of drug-likeness (QED) is 0.654. The van der Waals surface area contributed by atoms with E-state index >= 15 is 0 Å². The molecule has 0 saturated heterocycles.